The number of nitrogens with one attached hydrogen (secondary N) is 3. The first-order valence-corrected chi connectivity index (χ1v) is 20.8. The van der Waals surface area contributed by atoms with Gasteiger partial charge in [-0.2, -0.15) is 16.9 Å². The standard InChI is InChI=1S/C25H42N7O17P3S/c1-4-5-16(34)31-21-17-22(29-12-28-21)32(13-30-17)24-18(35)19(48-50(38,39)40)14(47-24)10-45-51(41,42)49-52(43,44)46-11-25(2,3)20(36)23(37)27-7-6-15(33)26-8-9-53/h12-14,18-20,24,35-36,53H,4-11H2,1-3H3,(H,26,33)(H,27,37)(H,41,42)(H,43,44)(H2,38,39,40)(H,28,29,31,34)/t14-,18-,19-,20?,24-/m1/s1. The maximum absolute atomic E-state index is 12.7. The molecule has 28 heteroatoms. The molecule has 7 atom stereocenters. The molecule has 0 radical (unpaired) electrons. The van der Waals surface area contributed by atoms with Crippen LogP contribution in [0.4, 0.5) is 5.82 Å². The molecule has 0 bridgehead atoms. The Morgan fingerprint density at radius 3 is 2.34 bits per heavy atom. The van der Waals surface area contributed by atoms with Crippen LogP contribution in [0, 0.1) is 5.41 Å². The van der Waals surface area contributed by atoms with Gasteiger partial charge in [0.1, 0.15) is 30.7 Å². The summed E-state index contributed by atoms with van der Waals surface area (Å²) in [6.45, 7) is 2.44. The van der Waals surface area contributed by atoms with Crippen LogP contribution in [-0.4, -0.2) is 123 Å². The Labute approximate surface area is 307 Å². The van der Waals surface area contributed by atoms with Gasteiger partial charge in [0.2, 0.25) is 17.7 Å². The Morgan fingerprint density at radius 2 is 1.70 bits per heavy atom. The van der Waals surface area contributed by atoms with Crippen LogP contribution in [0.3, 0.4) is 0 Å². The third-order valence-corrected chi connectivity index (χ3v) is 10.5. The van der Waals surface area contributed by atoms with E-state index < -0.39 is 78.6 Å². The number of aliphatic hydroxyl groups is 2. The Bertz CT molecular complexity index is 1750. The summed E-state index contributed by atoms with van der Waals surface area (Å²) in [7, 11) is -16.4. The molecule has 0 aliphatic carbocycles. The number of fused-ring (bicyclic) bond motifs is 1. The molecule has 2 aromatic rings. The topological polar surface area (TPSA) is 350 Å². The van der Waals surface area contributed by atoms with E-state index in [0.29, 0.717) is 18.7 Å². The Hall–Kier alpha value is -2.44. The highest BCUT2D eigenvalue weighted by Crippen LogP contribution is 2.61. The predicted molar refractivity (Wildman–Crippen MR) is 183 cm³/mol. The summed E-state index contributed by atoms with van der Waals surface area (Å²) < 4.78 is 62.2. The molecular weight excluding hydrogens is 795 g/mol. The van der Waals surface area contributed by atoms with E-state index in [0.717, 1.165) is 17.2 Å². The number of nitrogens with zero attached hydrogens (tertiary/aromatic N) is 4. The molecule has 0 spiro atoms. The summed E-state index contributed by atoms with van der Waals surface area (Å²) >= 11 is 3.95. The molecule has 1 saturated heterocycles. The number of imidazole rings is 1. The molecule has 0 saturated carbocycles. The number of hydrogen-bond donors (Lipinski definition) is 10. The third-order valence-electron chi connectivity index (χ3n) is 7.22. The number of anilines is 1. The van der Waals surface area contributed by atoms with Gasteiger partial charge < -0.3 is 50.5 Å². The smallest absolute Gasteiger partial charge is 0.386 e. The third kappa shape index (κ3) is 13.4. The second-order valence-electron chi connectivity index (χ2n) is 12.1. The van der Waals surface area contributed by atoms with Gasteiger partial charge in [0, 0.05) is 37.1 Å². The number of rotatable bonds is 21. The first kappa shape index (κ1) is 45.0. The van der Waals surface area contributed by atoms with Crippen LogP contribution in [0.2, 0.25) is 0 Å². The van der Waals surface area contributed by atoms with Crippen LogP contribution in [0.25, 0.3) is 11.2 Å². The molecule has 2 aromatic heterocycles. The average molecular weight is 838 g/mol. The van der Waals surface area contributed by atoms with Crippen LogP contribution < -0.4 is 16.0 Å². The minimum Gasteiger partial charge on any atom is -0.386 e. The van der Waals surface area contributed by atoms with E-state index in [-0.39, 0.29) is 48.2 Å². The van der Waals surface area contributed by atoms with Crippen molar-refractivity contribution in [2.75, 3.05) is 37.4 Å². The summed E-state index contributed by atoms with van der Waals surface area (Å²) in [5.41, 5.74) is -1.56. The molecule has 0 aromatic carbocycles. The fourth-order valence-electron chi connectivity index (χ4n) is 4.63. The fraction of sp³-hybridized carbons (Fsp3) is 0.680. The van der Waals surface area contributed by atoms with E-state index in [1.807, 2.05) is 0 Å². The molecule has 1 fully saturated rings. The van der Waals surface area contributed by atoms with Crippen molar-refractivity contribution in [3.8, 4) is 0 Å². The van der Waals surface area contributed by atoms with Crippen molar-refractivity contribution >= 4 is 70.8 Å². The molecule has 3 amide bonds. The lowest BCUT2D eigenvalue weighted by atomic mass is 9.87. The van der Waals surface area contributed by atoms with Gasteiger partial charge in [0.15, 0.2) is 23.2 Å². The molecule has 300 valence electrons. The number of aliphatic hydroxyl groups excluding tert-OH is 2. The lowest BCUT2D eigenvalue weighted by Gasteiger charge is -2.30. The highest BCUT2D eigenvalue weighted by molar-refractivity contribution is 7.80. The molecule has 24 nitrogen and oxygen atoms in total. The number of carbonyl (C=O) groups is 3. The Balaban J connectivity index is 1.66. The van der Waals surface area contributed by atoms with Gasteiger partial charge in [0.25, 0.3) is 0 Å². The predicted octanol–water partition coefficient (Wildman–Crippen LogP) is -0.509. The fourth-order valence-corrected chi connectivity index (χ4v) is 7.57. The van der Waals surface area contributed by atoms with Crippen LogP contribution in [0.1, 0.15) is 46.3 Å². The van der Waals surface area contributed by atoms with Gasteiger partial charge in [-0.3, -0.25) is 32.5 Å². The maximum atomic E-state index is 12.7. The quantitative estimate of drug-likeness (QED) is 0.0559. The number of phosphoric ester groups is 3. The van der Waals surface area contributed by atoms with Gasteiger partial charge >= 0.3 is 23.5 Å². The van der Waals surface area contributed by atoms with Crippen LogP contribution in [0.5, 0.6) is 0 Å². The van der Waals surface area contributed by atoms with Crippen molar-refractivity contribution in [3.63, 3.8) is 0 Å². The normalized spacial score (nSPS) is 22.2. The molecule has 1 aliphatic rings. The summed E-state index contributed by atoms with van der Waals surface area (Å²) in [6, 6.07) is 0. The lowest BCUT2D eigenvalue weighted by molar-refractivity contribution is -0.137. The summed E-state index contributed by atoms with van der Waals surface area (Å²) in [4.78, 5) is 87.6. The van der Waals surface area contributed by atoms with Crippen LogP contribution in [-0.2, 0) is 50.7 Å². The number of ether oxygens (including phenoxy) is 1. The van der Waals surface area contributed by atoms with Crippen molar-refractivity contribution in [3.05, 3.63) is 12.7 Å². The van der Waals surface area contributed by atoms with Gasteiger partial charge in [0.05, 0.1) is 19.5 Å². The lowest BCUT2D eigenvalue weighted by Crippen LogP contribution is -2.46. The summed E-state index contributed by atoms with van der Waals surface area (Å²) in [6.07, 6.45) is -6.27. The largest absolute Gasteiger partial charge is 0.481 e. The Kier molecular flexibility index (Phi) is 16.1. The number of carbonyl (C=O) groups excluding carboxylic acids is 3. The second-order valence-corrected chi connectivity index (χ2v) is 16.7. The minimum absolute atomic E-state index is 0.0132. The van der Waals surface area contributed by atoms with Crippen molar-refractivity contribution in [1.82, 2.24) is 30.2 Å². The monoisotopic (exact) mass is 837 g/mol. The summed E-state index contributed by atoms with van der Waals surface area (Å²) in [5, 5.41) is 28.9. The first-order chi connectivity index (χ1) is 24.6. The molecule has 3 unspecified atom stereocenters. The van der Waals surface area contributed by atoms with Crippen LogP contribution >= 0.6 is 36.1 Å². The van der Waals surface area contributed by atoms with Crippen molar-refractivity contribution in [2.24, 2.45) is 5.41 Å². The van der Waals surface area contributed by atoms with Crippen molar-refractivity contribution < 1.29 is 80.5 Å². The van der Waals surface area contributed by atoms with E-state index >= 15 is 0 Å². The van der Waals surface area contributed by atoms with Crippen molar-refractivity contribution in [1.29, 1.82) is 0 Å². The number of aromatic nitrogens is 4. The van der Waals surface area contributed by atoms with E-state index in [4.69, 9.17) is 13.8 Å². The Morgan fingerprint density at radius 1 is 1.02 bits per heavy atom. The highest BCUT2D eigenvalue weighted by Gasteiger charge is 2.50. The first-order valence-electron chi connectivity index (χ1n) is 15.6. The highest BCUT2D eigenvalue weighted by atomic mass is 32.1. The molecule has 53 heavy (non-hydrogen) atoms. The van der Waals surface area contributed by atoms with Gasteiger partial charge in [-0.25, -0.2) is 28.6 Å². The average Bonchev–Trinajstić information content (AvgIpc) is 3.61. The van der Waals surface area contributed by atoms with Gasteiger partial charge in [-0.1, -0.05) is 20.8 Å². The minimum atomic E-state index is -5.58. The zero-order valence-electron chi connectivity index (χ0n) is 28.5. The van der Waals surface area contributed by atoms with Gasteiger partial charge in [-0.15, -0.1) is 0 Å². The number of thiol groups is 1. The van der Waals surface area contributed by atoms with E-state index in [2.05, 4.69) is 52.4 Å². The van der Waals surface area contributed by atoms with Crippen LogP contribution in [0.15, 0.2) is 12.7 Å². The van der Waals surface area contributed by atoms with E-state index in [9.17, 15) is 57.9 Å². The molecule has 3 heterocycles. The number of hydrogen-bond acceptors (Lipinski definition) is 17. The number of phosphoric acid groups is 3. The summed E-state index contributed by atoms with van der Waals surface area (Å²) in [5.74, 6) is -1.29. The molecule has 3 rings (SSSR count). The van der Waals surface area contributed by atoms with Crippen molar-refractivity contribution in [2.45, 2.75) is 70.7 Å². The van der Waals surface area contributed by atoms with E-state index in [1.54, 1.807) is 6.92 Å². The maximum Gasteiger partial charge on any atom is 0.481 e. The SMILES string of the molecule is CCCC(=O)Nc1ncnc2c1ncn2[C@@H]1O[C@H](COP(=O)(O)OP(=O)(O)OCC(C)(C)C(O)C(=O)NCCC(=O)NCCS)[C@@H](OP(=O)(O)O)[C@H]1O. The number of amides is 3. The zero-order valence-corrected chi connectivity index (χ0v) is 32.0. The van der Waals surface area contributed by atoms with E-state index in [1.165, 1.54) is 13.8 Å². The molecular formula is C25H42N7O17P3S. The zero-order chi connectivity index (χ0) is 39.8. The second kappa shape index (κ2) is 18.9. The molecule has 9 N–H and O–H groups in total. The van der Waals surface area contributed by atoms with Gasteiger partial charge in [-0.05, 0) is 6.42 Å². The molecule has 1 aliphatic heterocycles.